The molecule has 1 aromatic rings. The Kier molecular flexibility index (Phi) is 4.87. The maximum Gasteiger partial charge on any atom is 0.306 e. The number of hydrogen-bond acceptors (Lipinski definition) is 5. The van der Waals surface area contributed by atoms with Gasteiger partial charge in [-0.25, -0.2) is 0 Å². The quantitative estimate of drug-likeness (QED) is 0.629. The molecule has 1 heterocycles. The third-order valence-electron chi connectivity index (χ3n) is 3.83. The summed E-state index contributed by atoms with van der Waals surface area (Å²) < 4.78 is 0. The molecule has 7 nitrogen and oxygen atoms in total. The number of β-amino-alcohol motifs (C(OH)–C–C–N with tert-alkyl or cyclic N) is 1. The minimum absolute atomic E-state index is 0.0452. The van der Waals surface area contributed by atoms with Crippen molar-refractivity contribution in [1.29, 1.82) is 0 Å². The van der Waals surface area contributed by atoms with Crippen LogP contribution >= 0.6 is 0 Å². The minimum Gasteiger partial charge on any atom is -0.481 e. The number of nitro groups is 1. The third kappa shape index (κ3) is 3.99. The van der Waals surface area contributed by atoms with Gasteiger partial charge in [-0.15, -0.1) is 0 Å². The average molecular weight is 294 g/mol. The summed E-state index contributed by atoms with van der Waals surface area (Å²) in [4.78, 5) is 23.1. The summed E-state index contributed by atoms with van der Waals surface area (Å²) in [6.07, 6.45) is 0.319. The first-order valence-electron chi connectivity index (χ1n) is 6.85. The SMILES string of the molecule is O=C(O)C1CCN(CC(O)c2cccc([N+](=O)[O-])c2)CC1. The van der Waals surface area contributed by atoms with Crippen molar-refractivity contribution in [1.82, 2.24) is 4.90 Å². The molecule has 2 rings (SSSR count). The first kappa shape index (κ1) is 15.4. The van der Waals surface area contributed by atoms with E-state index < -0.39 is 17.0 Å². The van der Waals surface area contributed by atoms with E-state index in [0.29, 0.717) is 38.0 Å². The van der Waals surface area contributed by atoms with E-state index in [1.54, 1.807) is 12.1 Å². The molecule has 114 valence electrons. The lowest BCUT2D eigenvalue weighted by Gasteiger charge is -2.31. The summed E-state index contributed by atoms with van der Waals surface area (Å²) in [7, 11) is 0. The van der Waals surface area contributed by atoms with Crippen LogP contribution in [0.1, 0.15) is 24.5 Å². The number of non-ortho nitro benzene ring substituents is 1. The molecule has 0 spiro atoms. The Morgan fingerprint density at radius 2 is 2.10 bits per heavy atom. The lowest BCUT2D eigenvalue weighted by molar-refractivity contribution is -0.385. The first-order valence-corrected chi connectivity index (χ1v) is 6.85. The van der Waals surface area contributed by atoms with Crippen molar-refractivity contribution in [3.8, 4) is 0 Å². The van der Waals surface area contributed by atoms with Crippen LogP contribution in [0.15, 0.2) is 24.3 Å². The van der Waals surface area contributed by atoms with Gasteiger partial charge < -0.3 is 15.1 Å². The number of carboxylic acids is 1. The van der Waals surface area contributed by atoms with Crippen LogP contribution in [0.25, 0.3) is 0 Å². The predicted octanol–water partition coefficient (Wildman–Crippen LogP) is 1.42. The van der Waals surface area contributed by atoms with Crippen LogP contribution in [-0.4, -0.2) is 45.6 Å². The number of nitro benzene ring substituents is 1. The number of carbonyl (C=O) groups is 1. The molecule has 1 saturated heterocycles. The number of aliphatic carboxylic acids is 1. The highest BCUT2D eigenvalue weighted by Gasteiger charge is 2.26. The number of rotatable bonds is 5. The van der Waals surface area contributed by atoms with Gasteiger partial charge in [-0.2, -0.15) is 0 Å². The molecule has 1 aliphatic heterocycles. The number of benzene rings is 1. The zero-order valence-corrected chi connectivity index (χ0v) is 11.5. The van der Waals surface area contributed by atoms with Crippen LogP contribution in [0, 0.1) is 16.0 Å². The van der Waals surface area contributed by atoms with Crippen molar-refractivity contribution in [3.05, 3.63) is 39.9 Å². The van der Waals surface area contributed by atoms with E-state index in [4.69, 9.17) is 5.11 Å². The largest absolute Gasteiger partial charge is 0.481 e. The second kappa shape index (κ2) is 6.64. The highest BCUT2D eigenvalue weighted by molar-refractivity contribution is 5.70. The molecule has 1 fully saturated rings. The zero-order valence-electron chi connectivity index (χ0n) is 11.5. The Bertz CT molecular complexity index is 526. The van der Waals surface area contributed by atoms with E-state index in [9.17, 15) is 20.0 Å². The zero-order chi connectivity index (χ0) is 15.4. The normalized spacial score (nSPS) is 18.3. The molecule has 2 N–H and O–H groups in total. The van der Waals surface area contributed by atoms with Crippen LogP contribution in [0.3, 0.4) is 0 Å². The maximum atomic E-state index is 10.9. The topological polar surface area (TPSA) is 104 Å². The fourth-order valence-corrected chi connectivity index (χ4v) is 2.56. The van der Waals surface area contributed by atoms with Gasteiger partial charge in [0.25, 0.3) is 5.69 Å². The van der Waals surface area contributed by atoms with Crippen molar-refractivity contribution in [2.24, 2.45) is 5.92 Å². The van der Waals surface area contributed by atoms with E-state index >= 15 is 0 Å². The summed E-state index contributed by atoms with van der Waals surface area (Å²) in [5.74, 6) is -1.08. The molecule has 0 amide bonds. The Hall–Kier alpha value is -1.99. The van der Waals surface area contributed by atoms with Crippen molar-refractivity contribution in [3.63, 3.8) is 0 Å². The number of likely N-dealkylation sites (tertiary alicyclic amines) is 1. The van der Waals surface area contributed by atoms with Gasteiger partial charge in [0, 0.05) is 18.7 Å². The number of aliphatic hydroxyl groups excluding tert-OH is 1. The number of piperidine rings is 1. The van der Waals surface area contributed by atoms with E-state index in [-0.39, 0.29) is 11.6 Å². The number of hydrogen-bond donors (Lipinski definition) is 2. The molecule has 0 aromatic heterocycles. The summed E-state index contributed by atoms with van der Waals surface area (Å²) in [6.45, 7) is 1.58. The van der Waals surface area contributed by atoms with Crippen molar-refractivity contribution in [2.75, 3.05) is 19.6 Å². The monoisotopic (exact) mass is 294 g/mol. The average Bonchev–Trinajstić information content (AvgIpc) is 2.48. The van der Waals surface area contributed by atoms with Crippen molar-refractivity contribution >= 4 is 11.7 Å². The highest BCUT2D eigenvalue weighted by Crippen LogP contribution is 2.23. The fourth-order valence-electron chi connectivity index (χ4n) is 2.56. The highest BCUT2D eigenvalue weighted by atomic mass is 16.6. The summed E-state index contributed by atoms with van der Waals surface area (Å²) in [5, 5.41) is 29.8. The molecular formula is C14H18N2O5. The van der Waals surface area contributed by atoms with Gasteiger partial charge in [-0.1, -0.05) is 12.1 Å². The Morgan fingerprint density at radius 3 is 2.67 bits per heavy atom. The number of carboxylic acid groups (broad SMARTS) is 1. The van der Waals surface area contributed by atoms with Gasteiger partial charge in [0.05, 0.1) is 16.9 Å². The van der Waals surface area contributed by atoms with Gasteiger partial charge in [0.2, 0.25) is 0 Å². The minimum atomic E-state index is -0.814. The number of nitrogens with zero attached hydrogens (tertiary/aromatic N) is 2. The molecule has 1 atom stereocenters. The van der Waals surface area contributed by atoms with Gasteiger partial charge >= 0.3 is 5.97 Å². The summed E-state index contributed by atoms with van der Waals surface area (Å²) >= 11 is 0. The molecule has 0 aliphatic carbocycles. The Labute approximate surface area is 122 Å². The lowest BCUT2D eigenvalue weighted by Crippen LogP contribution is -2.38. The summed E-state index contributed by atoms with van der Waals surface area (Å²) in [6, 6.07) is 5.96. The molecule has 1 aliphatic rings. The Balaban J connectivity index is 1.93. The van der Waals surface area contributed by atoms with Crippen molar-refractivity contribution < 1.29 is 19.9 Å². The molecule has 7 heteroatoms. The van der Waals surface area contributed by atoms with Crippen LogP contribution in [-0.2, 0) is 4.79 Å². The van der Waals surface area contributed by atoms with Crippen LogP contribution in [0.4, 0.5) is 5.69 Å². The standard InChI is InChI=1S/C14H18N2O5/c17-13(11-2-1-3-12(8-11)16(20)21)9-15-6-4-10(5-7-15)14(18)19/h1-3,8,10,13,17H,4-7,9H2,(H,18,19). The van der Waals surface area contributed by atoms with E-state index in [1.165, 1.54) is 12.1 Å². The fraction of sp³-hybridized carbons (Fsp3) is 0.500. The van der Waals surface area contributed by atoms with Gasteiger partial charge in [-0.3, -0.25) is 14.9 Å². The second-order valence-corrected chi connectivity index (χ2v) is 5.28. The summed E-state index contributed by atoms with van der Waals surface area (Å²) in [5.41, 5.74) is 0.459. The first-order chi connectivity index (χ1) is 9.97. The second-order valence-electron chi connectivity index (χ2n) is 5.28. The van der Waals surface area contributed by atoms with E-state index in [2.05, 4.69) is 0 Å². The molecule has 0 radical (unpaired) electrons. The third-order valence-corrected chi connectivity index (χ3v) is 3.83. The van der Waals surface area contributed by atoms with Crippen molar-refractivity contribution in [2.45, 2.75) is 18.9 Å². The predicted molar refractivity (Wildman–Crippen MR) is 74.9 cm³/mol. The van der Waals surface area contributed by atoms with Gasteiger partial charge in [0.1, 0.15) is 0 Å². The molecule has 0 saturated carbocycles. The number of aliphatic hydroxyl groups is 1. The van der Waals surface area contributed by atoms with E-state index in [1.807, 2.05) is 4.90 Å². The molecule has 21 heavy (non-hydrogen) atoms. The molecule has 1 aromatic carbocycles. The molecule has 0 bridgehead atoms. The molecule has 1 unspecified atom stereocenters. The van der Waals surface area contributed by atoms with Crippen LogP contribution < -0.4 is 0 Å². The Morgan fingerprint density at radius 1 is 1.43 bits per heavy atom. The maximum absolute atomic E-state index is 10.9. The van der Waals surface area contributed by atoms with Gasteiger partial charge in [0.15, 0.2) is 0 Å². The lowest BCUT2D eigenvalue weighted by atomic mass is 9.96. The van der Waals surface area contributed by atoms with Crippen LogP contribution in [0.5, 0.6) is 0 Å². The molecular weight excluding hydrogens is 276 g/mol. The smallest absolute Gasteiger partial charge is 0.306 e. The van der Waals surface area contributed by atoms with Gasteiger partial charge in [-0.05, 0) is 31.5 Å². The van der Waals surface area contributed by atoms with Crippen LogP contribution in [0.2, 0.25) is 0 Å². The van der Waals surface area contributed by atoms with E-state index in [0.717, 1.165) is 0 Å².